The van der Waals surface area contributed by atoms with E-state index in [0.717, 1.165) is 28.6 Å². The Labute approximate surface area is 214 Å². The molecule has 2 aromatic carbocycles. The number of carbonyl (C=O) groups is 2. The smallest absolute Gasteiger partial charge is 0.335 e. The number of ether oxygens (including phenoxy) is 2. The maximum absolute atomic E-state index is 13.5. The van der Waals surface area contributed by atoms with Crippen LogP contribution in [0.4, 0.5) is 5.69 Å². The number of nitro benzene ring substituents is 1. The molecule has 0 aromatic heterocycles. The molecule has 0 amide bonds. The Morgan fingerprint density at radius 2 is 1.78 bits per heavy atom. The largest absolute Gasteiger partial charge is 0.490 e. The predicted molar refractivity (Wildman–Crippen MR) is 135 cm³/mol. The van der Waals surface area contributed by atoms with Crippen molar-refractivity contribution in [2.45, 2.75) is 30.2 Å². The van der Waals surface area contributed by atoms with Gasteiger partial charge in [0.1, 0.15) is 18.4 Å². The van der Waals surface area contributed by atoms with E-state index in [2.05, 4.69) is 6.58 Å². The second-order valence-electron chi connectivity index (χ2n) is 7.70. The van der Waals surface area contributed by atoms with Crippen molar-refractivity contribution in [1.29, 1.82) is 0 Å². The summed E-state index contributed by atoms with van der Waals surface area (Å²) in [6.07, 6.45) is 5.94. The number of carboxylic acid groups (broad SMARTS) is 1. The summed E-state index contributed by atoms with van der Waals surface area (Å²) < 4.78 is 38.4. The van der Waals surface area contributed by atoms with Gasteiger partial charge in [-0.05, 0) is 55.7 Å². The molecule has 1 atom stereocenters. The minimum absolute atomic E-state index is 0.0528. The molecule has 37 heavy (non-hydrogen) atoms. The van der Waals surface area contributed by atoms with Crippen molar-refractivity contribution in [3.63, 3.8) is 0 Å². The summed E-state index contributed by atoms with van der Waals surface area (Å²) in [5.74, 6) is -1.38. The third kappa shape index (κ3) is 8.26. The number of allylic oxidation sites excluding steroid dienone is 1. The Morgan fingerprint density at radius 3 is 2.32 bits per heavy atom. The fourth-order valence-corrected chi connectivity index (χ4v) is 4.88. The fourth-order valence-electron chi connectivity index (χ4n) is 3.32. The quantitative estimate of drug-likeness (QED) is 0.119. The minimum atomic E-state index is -4.25. The topological polar surface area (TPSA) is 153 Å². The maximum Gasteiger partial charge on any atom is 0.335 e. The van der Waals surface area contributed by atoms with E-state index in [1.54, 1.807) is 12.2 Å². The van der Waals surface area contributed by atoms with Gasteiger partial charge in [-0.2, -0.15) is 4.31 Å². The Balaban J connectivity index is 2.26. The standard InChI is InChI=1S/C25H28N2O9S/c1-3-4-5-8-23(25(30)35-2)26(37(33,34)22-15-11-20(12-16-22)27(31)32)17-6-7-18-36-21-13-9-19(10-14-21)24(28)29/h3,6-7,9-16,23H,1,4-5,8,17-18H2,2H3,(H,28,29)/b7-6-. The summed E-state index contributed by atoms with van der Waals surface area (Å²) in [5.41, 5.74) is -0.158. The predicted octanol–water partition coefficient (Wildman–Crippen LogP) is 3.82. The average Bonchev–Trinajstić information content (AvgIpc) is 2.89. The first-order valence-corrected chi connectivity index (χ1v) is 12.6. The van der Waals surface area contributed by atoms with Crippen LogP contribution in [0.15, 0.2) is 78.2 Å². The first-order valence-electron chi connectivity index (χ1n) is 11.2. The molecule has 0 spiro atoms. The van der Waals surface area contributed by atoms with Crippen molar-refractivity contribution in [2.75, 3.05) is 20.3 Å². The number of nitrogens with zero attached hydrogens (tertiary/aromatic N) is 2. The molecular weight excluding hydrogens is 504 g/mol. The second kappa shape index (κ2) is 13.9. The van der Waals surface area contributed by atoms with Crippen molar-refractivity contribution in [3.05, 3.63) is 89.0 Å². The van der Waals surface area contributed by atoms with Gasteiger partial charge >= 0.3 is 11.9 Å². The normalized spacial score (nSPS) is 12.3. The highest BCUT2D eigenvalue weighted by Crippen LogP contribution is 2.24. The van der Waals surface area contributed by atoms with E-state index >= 15 is 0 Å². The third-order valence-corrected chi connectivity index (χ3v) is 7.15. The number of carbonyl (C=O) groups excluding carboxylic acids is 1. The Hall–Kier alpha value is -4.03. The lowest BCUT2D eigenvalue weighted by Gasteiger charge is -2.28. The van der Waals surface area contributed by atoms with Crippen LogP contribution in [0, 0.1) is 10.1 Å². The monoisotopic (exact) mass is 532 g/mol. The Morgan fingerprint density at radius 1 is 1.14 bits per heavy atom. The van der Waals surface area contributed by atoms with Crippen molar-refractivity contribution >= 4 is 27.6 Å². The van der Waals surface area contributed by atoms with Gasteiger partial charge in [-0.3, -0.25) is 14.9 Å². The van der Waals surface area contributed by atoms with Gasteiger partial charge in [-0.1, -0.05) is 18.2 Å². The number of hydrogen-bond donors (Lipinski definition) is 1. The van der Waals surface area contributed by atoms with Crippen LogP contribution in [0.25, 0.3) is 0 Å². The summed E-state index contributed by atoms with van der Waals surface area (Å²) in [6, 6.07) is 9.03. The molecule has 12 heteroatoms. The van der Waals surface area contributed by atoms with Crippen LogP contribution in [-0.2, 0) is 19.6 Å². The van der Waals surface area contributed by atoms with Crippen molar-refractivity contribution < 1.29 is 37.5 Å². The number of aromatic carboxylic acids is 1. The van der Waals surface area contributed by atoms with E-state index in [9.17, 15) is 28.1 Å². The highest BCUT2D eigenvalue weighted by molar-refractivity contribution is 7.89. The number of esters is 1. The molecule has 0 heterocycles. The number of hydrogen-bond acceptors (Lipinski definition) is 8. The zero-order valence-electron chi connectivity index (χ0n) is 20.2. The molecule has 2 rings (SSSR count). The fraction of sp³-hybridized carbons (Fsp3) is 0.280. The van der Waals surface area contributed by atoms with Crippen LogP contribution in [0.3, 0.4) is 0 Å². The number of unbranched alkanes of at least 4 members (excludes halogenated alkanes) is 1. The molecule has 0 aliphatic carbocycles. The molecule has 0 radical (unpaired) electrons. The number of carboxylic acids is 1. The highest BCUT2D eigenvalue weighted by Gasteiger charge is 2.35. The molecule has 2 aromatic rings. The summed E-state index contributed by atoms with van der Waals surface area (Å²) in [5, 5.41) is 19.9. The number of rotatable bonds is 15. The number of sulfonamides is 1. The van der Waals surface area contributed by atoms with Gasteiger partial charge in [-0.15, -0.1) is 6.58 Å². The van der Waals surface area contributed by atoms with Crippen LogP contribution in [-0.4, -0.2) is 61.0 Å². The van der Waals surface area contributed by atoms with E-state index in [1.165, 1.54) is 37.5 Å². The molecule has 1 unspecified atom stereocenters. The maximum atomic E-state index is 13.5. The van der Waals surface area contributed by atoms with Crippen LogP contribution < -0.4 is 4.74 Å². The van der Waals surface area contributed by atoms with E-state index in [0.29, 0.717) is 18.6 Å². The van der Waals surface area contributed by atoms with Gasteiger partial charge in [0.2, 0.25) is 10.0 Å². The molecule has 0 bridgehead atoms. The number of methoxy groups -OCH3 is 1. The van der Waals surface area contributed by atoms with E-state index in [-0.39, 0.29) is 35.7 Å². The first-order chi connectivity index (χ1) is 17.6. The highest BCUT2D eigenvalue weighted by atomic mass is 32.2. The van der Waals surface area contributed by atoms with Crippen molar-refractivity contribution in [2.24, 2.45) is 0 Å². The van der Waals surface area contributed by atoms with Crippen molar-refractivity contribution in [1.82, 2.24) is 4.31 Å². The van der Waals surface area contributed by atoms with Crippen molar-refractivity contribution in [3.8, 4) is 5.75 Å². The van der Waals surface area contributed by atoms with Crippen LogP contribution >= 0.6 is 0 Å². The second-order valence-corrected chi connectivity index (χ2v) is 9.59. The number of nitro groups is 1. The van der Waals surface area contributed by atoms with Gasteiger partial charge in [0.05, 0.1) is 22.5 Å². The van der Waals surface area contributed by atoms with E-state index in [4.69, 9.17) is 14.6 Å². The van der Waals surface area contributed by atoms with Gasteiger partial charge < -0.3 is 14.6 Å². The summed E-state index contributed by atoms with van der Waals surface area (Å²) in [7, 11) is -3.09. The molecule has 0 aliphatic heterocycles. The molecule has 0 aliphatic rings. The first kappa shape index (κ1) is 29.2. The molecule has 11 nitrogen and oxygen atoms in total. The lowest BCUT2D eigenvalue weighted by molar-refractivity contribution is -0.384. The van der Waals surface area contributed by atoms with Crippen LogP contribution in [0.1, 0.15) is 29.6 Å². The van der Waals surface area contributed by atoms with Gasteiger partial charge in [0, 0.05) is 18.7 Å². The zero-order valence-corrected chi connectivity index (χ0v) is 21.0. The molecule has 0 saturated heterocycles. The summed E-state index contributed by atoms with van der Waals surface area (Å²) in [6.45, 7) is 3.49. The SMILES string of the molecule is C=CCCCC(C(=O)OC)N(C/C=C\COc1ccc(C(=O)O)cc1)S(=O)(=O)c1ccc([N+](=O)[O-])cc1. The molecule has 0 saturated carbocycles. The van der Waals surface area contributed by atoms with E-state index < -0.39 is 32.9 Å². The van der Waals surface area contributed by atoms with Gasteiger partial charge in [0.25, 0.3) is 5.69 Å². The average molecular weight is 533 g/mol. The molecule has 198 valence electrons. The van der Waals surface area contributed by atoms with Crippen LogP contribution in [0.5, 0.6) is 5.75 Å². The van der Waals surface area contributed by atoms with Crippen LogP contribution in [0.2, 0.25) is 0 Å². The van der Waals surface area contributed by atoms with Gasteiger partial charge in [-0.25, -0.2) is 13.2 Å². The zero-order chi connectivity index (χ0) is 27.4. The summed E-state index contributed by atoms with van der Waals surface area (Å²) >= 11 is 0. The minimum Gasteiger partial charge on any atom is -0.490 e. The Kier molecular flexibility index (Phi) is 11.0. The number of non-ortho nitro benzene ring substituents is 1. The number of benzene rings is 2. The molecular formula is C25H28N2O9S. The Bertz CT molecular complexity index is 1220. The lowest BCUT2D eigenvalue weighted by atomic mass is 10.1. The summed E-state index contributed by atoms with van der Waals surface area (Å²) in [4.78, 5) is 33.6. The third-order valence-electron chi connectivity index (χ3n) is 5.26. The van der Waals surface area contributed by atoms with E-state index in [1.807, 2.05) is 0 Å². The molecule has 0 fully saturated rings. The lowest BCUT2D eigenvalue weighted by Crippen LogP contribution is -2.45. The molecule has 1 N–H and O–H groups in total. The van der Waals surface area contributed by atoms with Gasteiger partial charge in [0.15, 0.2) is 0 Å².